The molecule has 0 aliphatic carbocycles. The molecular formula is C39H48N4O4S. The fraction of sp³-hybridized carbons (Fsp3) is 0.385. The zero-order valence-corrected chi connectivity index (χ0v) is 29.2. The molecule has 0 bridgehead atoms. The van der Waals surface area contributed by atoms with Gasteiger partial charge in [-0.05, 0) is 96.5 Å². The number of carbonyl (C=O) groups is 1. The van der Waals surface area contributed by atoms with Crippen LogP contribution in [0.5, 0.6) is 5.75 Å². The van der Waals surface area contributed by atoms with Crippen molar-refractivity contribution in [1.82, 2.24) is 9.55 Å². The topological polar surface area (TPSA) is 85.7 Å². The number of benzene rings is 3. The summed E-state index contributed by atoms with van der Waals surface area (Å²) in [4.78, 5) is 20.4. The van der Waals surface area contributed by atoms with Crippen molar-refractivity contribution in [2.75, 3.05) is 43.1 Å². The Hall–Kier alpha value is -4.21. The van der Waals surface area contributed by atoms with Gasteiger partial charge in [-0.1, -0.05) is 45.4 Å². The predicted molar refractivity (Wildman–Crippen MR) is 196 cm³/mol. The third-order valence-corrected chi connectivity index (χ3v) is 9.82. The van der Waals surface area contributed by atoms with Gasteiger partial charge in [-0.15, -0.1) is 0 Å². The number of aryl methyl sites for hydroxylation is 1. The lowest BCUT2D eigenvalue weighted by molar-refractivity contribution is -0.111. The number of nitrogens with zero attached hydrogens (tertiary/aromatic N) is 3. The minimum Gasteiger partial charge on any atom is -0.491 e. The second-order valence-electron chi connectivity index (χ2n) is 12.4. The molecule has 5 rings (SSSR count). The first kappa shape index (κ1) is 35.1. The standard InChI is InChI=1S/C39H48N4O4S/c1-4-6-22-46-23-24-47-36-13-7-31(8-14-36)32-9-17-38(42-21-19-30(3)27-42)33(25-32)10-18-39(44)41-34-11-15-37(16-12-34)48(45)28-35-26-40-29-43(35)20-5-2/h7-18,25-26,29-30H,4-6,19-24,27-28H2,1-3H3,(H,41,44)/t30?,48-/m0/s1. The second-order valence-corrected chi connectivity index (χ2v) is 13.8. The highest BCUT2D eigenvalue weighted by Gasteiger charge is 2.21. The van der Waals surface area contributed by atoms with Crippen molar-refractivity contribution in [2.24, 2.45) is 5.92 Å². The largest absolute Gasteiger partial charge is 0.491 e. The molecule has 1 saturated heterocycles. The molecular weight excluding hydrogens is 621 g/mol. The van der Waals surface area contributed by atoms with Crippen LogP contribution in [0.4, 0.5) is 11.4 Å². The van der Waals surface area contributed by atoms with Gasteiger partial charge < -0.3 is 24.3 Å². The SMILES string of the molecule is CCCCOCCOc1ccc(-c2ccc(N3CCC(C)C3)c(C=CC(=O)Nc3ccc([S@@](=O)Cc4cncn4CCC)cc3)c2)cc1. The summed E-state index contributed by atoms with van der Waals surface area (Å²) in [7, 11) is -1.21. The van der Waals surface area contributed by atoms with E-state index in [1.54, 1.807) is 30.7 Å². The highest BCUT2D eigenvalue weighted by Crippen LogP contribution is 2.32. The molecule has 2 atom stereocenters. The molecule has 9 heteroatoms. The predicted octanol–water partition coefficient (Wildman–Crippen LogP) is 7.96. The smallest absolute Gasteiger partial charge is 0.248 e. The van der Waals surface area contributed by atoms with E-state index in [1.165, 1.54) is 0 Å². The Kier molecular flexibility index (Phi) is 13.0. The zero-order chi connectivity index (χ0) is 33.7. The van der Waals surface area contributed by atoms with Gasteiger partial charge >= 0.3 is 0 Å². The monoisotopic (exact) mass is 668 g/mol. The summed E-state index contributed by atoms with van der Waals surface area (Å²) in [5.74, 6) is 1.62. The van der Waals surface area contributed by atoms with Crippen LogP contribution in [0, 0.1) is 5.92 Å². The van der Waals surface area contributed by atoms with E-state index in [2.05, 4.69) is 66.3 Å². The maximum absolute atomic E-state index is 13.0. The summed E-state index contributed by atoms with van der Waals surface area (Å²) in [6.45, 7) is 11.3. The van der Waals surface area contributed by atoms with E-state index in [4.69, 9.17) is 9.47 Å². The maximum atomic E-state index is 13.0. The molecule has 3 aromatic carbocycles. The van der Waals surface area contributed by atoms with Crippen LogP contribution in [0.15, 0.2) is 90.2 Å². The van der Waals surface area contributed by atoms with E-state index >= 15 is 0 Å². The van der Waals surface area contributed by atoms with Crippen LogP contribution in [-0.4, -0.2) is 52.6 Å². The van der Waals surface area contributed by atoms with E-state index in [1.807, 2.05) is 34.9 Å². The van der Waals surface area contributed by atoms with Crippen LogP contribution in [-0.2, 0) is 32.6 Å². The van der Waals surface area contributed by atoms with Gasteiger partial charge in [0, 0.05) is 54.8 Å². The Balaban J connectivity index is 1.23. The molecule has 1 aliphatic heterocycles. The lowest BCUT2D eigenvalue weighted by Crippen LogP contribution is -2.20. The maximum Gasteiger partial charge on any atom is 0.248 e. The Morgan fingerprint density at radius 2 is 1.79 bits per heavy atom. The quantitative estimate of drug-likeness (QED) is 0.0908. The number of carbonyl (C=O) groups excluding carboxylic acids is 1. The Morgan fingerprint density at radius 1 is 1.00 bits per heavy atom. The Bertz CT molecular complexity index is 1670. The zero-order valence-electron chi connectivity index (χ0n) is 28.4. The van der Waals surface area contributed by atoms with Gasteiger partial charge in [0.15, 0.2) is 0 Å². The first-order valence-electron chi connectivity index (χ1n) is 17.1. The molecule has 0 radical (unpaired) electrons. The van der Waals surface area contributed by atoms with Crippen LogP contribution in [0.3, 0.4) is 0 Å². The summed E-state index contributed by atoms with van der Waals surface area (Å²) in [6, 6.07) is 21.8. The summed E-state index contributed by atoms with van der Waals surface area (Å²) in [6.07, 6.45) is 11.4. The number of anilines is 2. The highest BCUT2D eigenvalue weighted by atomic mass is 32.2. The first-order valence-corrected chi connectivity index (χ1v) is 18.4. The lowest BCUT2D eigenvalue weighted by atomic mass is 10.0. The van der Waals surface area contributed by atoms with Crippen LogP contribution in [0.1, 0.15) is 57.7 Å². The van der Waals surface area contributed by atoms with E-state index in [0.717, 1.165) is 85.7 Å². The van der Waals surface area contributed by atoms with Gasteiger partial charge in [0.1, 0.15) is 12.4 Å². The first-order chi connectivity index (χ1) is 23.4. The average Bonchev–Trinajstić information content (AvgIpc) is 3.74. The number of imidazole rings is 1. The van der Waals surface area contributed by atoms with Gasteiger partial charge in [0.25, 0.3) is 0 Å². The summed E-state index contributed by atoms with van der Waals surface area (Å²) in [5.41, 5.74) is 5.88. The molecule has 1 fully saturated rings. The fourth-order valence-electron chi connectivity index (χ4n) is 5.79. The third-order valence-electron chi connectivity index (χ3n) is 8.46. The number of aromatic nitrogens is 2. The summed E-state index contributed by atoms with van der Waals surface area (Å²) < 4.78 is 26.5. The van der Waals surface area contributed by atoms with Crippen LogP contribution >= 0.6 is 0 Å². The van der Waals surface area contributed by atoms with Crippen molar-refractivity contribution in [3.63, 3.8) is 0 Å². The van der Waals surface area contributed by atoms with Crippen molar-refractivity contribution in [1.29, 1.82) is 0 Å². The van der Waals surface area contributed by atoms with Crippen molar-refractivity contribution >= 4 is 34.2 Å². The third kappa shape index (κ3) is 9.90. The molecule has 48 heavy (non-hydrogen) atoms. The number of hydrogen-bond acceptors (Lipinski definition) is 6. The molecule has 8 nitrogen and oxygen atoms in total. The molecule has 0 spiro atoms. The van der Waals surface area contributed by atoms with Crippen LogP contribution in [0.25, 0.3) is 17.2 Å². The van der Waals surface area contributed by atoms with E-state index in [-0.39, 0.29) is 5.91 Å². The van der Waals surface area contributed by atoms with Gasteiger partial charge in [-0.3, -0.25) is 9.00 Å². The van der Waals surface area contributed by atoms with Crippen molar-refractivity contribution in [2.45, 2.75) is 63.6 Å². The molecule has 254 valence electrons. The van der Waals surface area contributed by atoms with Crippen LogP contribution < -0.4 is 15.0 Å². The molecule has 4 aromatic rings. The molecule has 1 N–H and O–H groups in total. The van der Waals surface area contributed by atoms with Crippen molar-refractivity contribution in [3.05, 3.63) is 96.6 Å². The normalized spacial score (nSPS) is 15.2. The van der Waals surface area contributed by atoms with Crippen molar-refractivity contribution < 1.29 is 18.5 Å². The minimum atomic E-state index is -1.21. The number of hydrogen-bond donors (Lipinski definition) is 1. The lowest BCUT2D eigenvalue weighted by Gasteiger charge is -2.21. The molecule has 0 saturated carbocycles. The number of amides is 1. The molecule has 1 aliphatic rings. The molecule has 1 amide bonds. The van der Waals surface area contributed by atoms with Gasteiger partial charge in [0.2, 0.25) is 5.91 Å². The highest BCUT2D eigenvalue weighted by molar-refractivity contribution is 7.84. The van der Waals surface area contributed by atoms with Crippen LogP contribution in [0.2, 0.25) is 0 Å². The average molecular weight is 669 g/mol. The number of nitrogens with one attached hydrogen (secondary N) is 1. The van der Waals surface area contributed by atoms with Gasteiger partial charge in [-0.25, -0.2) is 4.98 Å². The van der Waals surface area contributed by atoms with Gasteiger partial charge in [0.05, 0.1) is 35.2 Å². The fourth-order valence-corrected chi connectivity index (χ4v) is 6.90. The van der Waals surface area contributed by atoms with E-state index in [9.17, 15) is 9.00 Å². The molecule has 1 aromatic heterocycles. The number of ether oxygens (including phenoxy) is 2. The van der Waals surface area contributed by atoms with Crippen molar-refractivity contribution in [3.8, 4) is 16.9 Å². The second kappa shape index (κ2) is 17.8. The van der Waals surface area contributed by atoms with E-state index < -0.39 is 10.8 Å². The number of rotatable bonds is 17. The summed E-state index contributed by atoms with van der Waals surface area (Å²) >= 11 is 0. The summed E-state index contributed by atoms with van der Waals surface area (Å²) in [5, 5.41) is 2.95. The minimum absolute atomic E-state index is 0.223. The molecule has 1 unspecified atom stereocenters. The Morgan fingerprint density at radius 3 is 2.52 bits per heavy atom. The van der Waals surface area contributed by atoms with Gasteiger partial charge in [-0.2, -0.15) is 0 Å². The number of unbranched alkanes of at least 4 members (excludes halogenated alkanes) is 1. The van der Waals surface area contributed by atoms with E-state index in [0.29, 0.717) is 35.5 Å². The Labute approximate surface area is 287 Å². The molecule has 2 heterocycles.